The summed E-state index contributed by atoms with van der Waals surface area (Å²) in [6, 6.07) is 1.20. The summed E-state index contributed by atoms with van der Waals surface area (Å²) >= 11 is 5.62. The summed E-state index contributed by atoms with van der Waals surface area (Å²) in [5.41, 5.74) is 0. The zero-order valence-corrected chi connectivity index (χ0v) is 10.5. The van der Waals surface area contributed by atoms with Gasteiger partial charge in [-0.1, -0.05) is 11.6 Å². The lowest BCUT2D eigenvalue weighted by molar-refractivity contribution is -0.140. The number of nitrogens with zero attached hydrogens (tertiary/aromatic N) is 2. The summed E-state index contributed by atoms with van der Waals surface area (Å²) < 4.78 is 18.1. The molecule has 0 amide bonds. The van der Waals surface area contributed by atoms with E-state index in [9.17, 15) is 9.18 Å². The molecule has 1 rings (SSSR count). The minimum atomic E-state index is -0.496. The fourth-order valence-corrected chi connectivity index (χ4v) is 1.53. The van der Waals surface area contributed by atoms with Gasteiger partial charge in [0.1, 0.15) is 0 Å². The molecule has 94 valence electrons. The standard InChI is InChI=1S/C11H14ClFN2O2/c1-3-15(5-4-10(16)17-2)11-9(13)6-8(12)7-14-11/h6-7H,3-5H2,1-2H3. The monoisotopic (exact) mass is 260 g/mol. The Hall–Kier alpha value is -1.36. The Morgan fingerprint density at radius 1 is 1.65 bits per heavy atom. The third-order valence-electron chi connectivity index (χ3n) is 2.28. The summed E-state index contributed by atoms with van der Waals surface area (Å²) in [6.07, 6.45) is 1.56. The first-order valence-corrected chi connectivity index (χ1v) is 5.59. The van der Waals surface area contributed by atoms with Crippen LogP contribution in [0, 0.1) is 5.82 Å². The van der Waals surface area contributed by atoms with Gasteiger partial charge in [-0.2, -0.15) is 0 Å². The second-order valence-electron chi connectivity index (χ2n) is 3.36. The highest BCUT2D eigenvalue weighted by Crippen LogP contribution is 2.19. The molecule has 0 saturated heterocycles. The number of carbonyl (C=O) groups excluding carboxylic acids is 1. The van der Waals surface area contributed by atoms with Crippen molar-refractivity contribution in [1.82, 2.24) is 4.98 Å². The fraction of sp³-hybridized carbons (Fsp3) is 0.455. The lowest BCUT2D eigenvalue weighted by Gasteiger charge is -2.21. The van der Waals surface area contributed by atoms with Crippen molar-refractivity contribution in [2.45, 2.75) is 13.3 Å². The number of esters is 1. The molecule has 0 aromatic carbocycles. The molecule has 0 N–H and O–H groups in total. The van der Waals surface area contributed by atoms with E-state index in [-0.39, 0.29) is 23.2 Å². The number of ether oxygens (including phenoxy) is 1. The number of carbonyl (C=O) groups is 1. The highest BCUT2D eigenvalue weighted by Gasteiger charge is 2.13. The van der Waals surface area contributed by atoms with Crippen LogP contribution >= 0.6 is 11.6 Å². The average molecular weight is 261 g/mol. The predicted molar refractivity (Wildman–Crippen MR) is 63.7 cm³/mol. The van der Waals surface area contributed by atoms with Gasteiger partial charge in [-0.25, -0.2) is 9.37 Å². The molecule has 4 nitrogen and oxygen atoms in total. The Labute approximate surface area is 104 Å². The van der Waals surface area contributed by atoms with Crippen LogP contribution in [0.5, 0.6) is 0 Å². The van der Waals surface area contributed by atoms with E-state index in [1.807, 2.05) is 6.92 Å². The first-order chi connectivity index (χ1) is 8.08. The normalized spacial score (nSPS) is 10.1. The summed E-state index contributed by atoms with van der Waals surface area (Å²) in [7, 11) is 1.32. The van der Waals surface area contributed by atoms with Crippen molar-refractivity contribution in [1.29, 1.82) is 0 Å². The lowest BCUT2D eigenvalue weighted by atomic mass is 10.3. The van der Waals surface area contributed by atoms with Gasteiger partial charge in [0.25, 0.3) is 0 Å². The van der Waals surface area contributed by atoms with Gasteiger partial charge in [0.05, 0.1) is 18.6 Å². The molecule has 0 spiro atoms. The van der Waals surface area contributed by atoms with Crippen LogP contribution in [0.15, 0.2) is 12.3 Å². The zero-order valence-electron chi connectivity index (χ0n) is 9.74. The van der Waals surface area contributed by atoms with Gasteiger partial charge in [-0.05, 0) is 13.0 Å². The SMILES string of the molecule is CCN(CCC(=O)OC)c1ncc(Cl)cc1F. The molecule has 0 atom stereocenters. The third kappa shape index (κ3) is 3.85. The van der Waals surface area contributed by atoms with Crippen LogP contribution in [0.1, 0.15) is 13.3 Å². The molecule has 6 heteroatoms. The molecule has 0 aliphatic rings. The van der Waals surface area contributed by atoms with Gasteiger partial charge in [0, 0.05) is 19.3 Å². The lowest BCUT2D eigenvalue weighted by Crippen LogP contribution is -2.27. The summed E-state index contributed by atoms with van der Waals surface area (Å²) in [6.45, 7) is 2.75. The van der Waals surface area contributed by atoms with Crippen LogP contribution in [0.25, 0.3) is 0 Å². The summed E-state index contributed by atoms with van der Waals surface area (Å²) in [4.78, 5) is 16.6. The molecule has 0 unspecified atom stereocenters. The van der Waals surface area contributed by atoms with Crippen LogP contribution in [0.4, 0.5) is 10.2 Å². The molecule has 0 radical (unpaired) electrons. The number of anilines is 1. The smallest absolute Gasteiger partial charge is 0.307 e. The van der Waals surface area contributed by atoms with Crippen molar-refractivity contribution in [3.05, 3.63) is 23.1 Å². The fourth-order valence-electron chi connectivity index (χ4n) is 1.38. The number of hydrogen-bond donors (Lipinski definition) is 0. The largest absolute Gasteiger partial charge is 0.469 e. The number of methoxy groups -OCH3 is 1. The Bertz CT molecular complexity index is 401. The maximum absolute atomic E-state index is 13.6. The van der Waals surface area contributed by atoms with Crippen molar-refractivity contribution in [3.8, 4) is 0 Å². The average Bonchev–Trinajstić information content (AvgIpc) is 2.31. The van der Waals surface area contributed by atoms with E-state index < -0.39 is 5.82 Å². The number of pyridine rings is 1. The van der Waals surface area contributed by atoms with E-state index in [2.05, 4.69) is 9.72 Å². The molecule has 1 aromatic rings. The predicted octanol–water partition coefficient (Wildman–Crippen LogP) is 2.26. The topological polar surface area (TPSA) is 42.4 Å². The van der Waals surface area contributed by atoms with Crippen LogP contribution in [-0.4, -0.2) is 31.2 Å². The molecule has 1 heterocycles. The second kappa shape index (κ2) is 6.39. The number of aromatic nitrogens is 1. The molecule has 0 bridgehead atoms. The minimum Gasteiger partial charge on any atom is -0.469 e. The molecule has 0 aliphatic carbocycles. The maximum Gasteiger partial charge on any atom is 0.307 e. The van der Waals surface area contributed by atoms with Crippen LogP contribution in [0.2, 0.25) is 5.02 Å². The van der Waals surface area contributed by atoms with Gasteiger partial charge in [-0.3, -0.25) is 4.79 Å². The quantitative estimate of drug-likeness (QED) is 0.762. The summed E-state index contributed by atoms with van der Waals surface area (Å²) in [5, 5.41) is 0.246. The van der Waals surface area contributed by atoms with Crippen molar-refractivity contribution in [2.24, 2.45) is 0 Å². The molecule has 0 saturated carbocycles. The van der Waals surface area contributed by atoms with Crippen molar-refractivity contribution >= 4 is 23.4 Å². The Morgan fingerprint density at radius 2 is 2.35 bits per heavy atom. The molecule has 0 fully saturated rings. The van der Waals surface area contributed by atoms with Crippen LogP contribution in [-0.2, 0) is 9.53 Å². The van der Waals surface area contributed by atoms with Gasteiger partial charge in [-0.15, -0.1) is 0 Å². The van der Waals surface area contributed by atoms with E-state index in [0.29, 0.717) is 13.1 Å². The summed E-state index contributed by atoms with van der Waals surface area (Å²) in [5.74, 6) is -0.636. The van der Waals surface area contributed by atoms with E-state index in [4.69, 9.17) is 11.6 Å². The highest BCUT2D eigenvalue weighted by atomic mass is 35.5. The van der Waals surface area contributed by atoms with E-state index in [0.717, 1.165) is 0 Å². The van der Waals surface area contributed by atoms with Crippen molar-refractivity contribution in [3.63, 3.8) is 0 Å². The van der Waals surface area contributed by atoms with Gasteiger partial charge in [0.2, 0.25) is 0 Å². The maximum atomic E-state index is 13.6. The number of halogens is 2. The molecule has 17 heavy (non-hydrogen) atoms. The van der Waals surface area contributed by atoms with Crippen LogP contribution in [0.3, 0.4) is 0 Å². The van der Waals surface area contributed by atoms with Gasteiger partial charge in [0.15, 0.2) is 11.6 Å². The van der Waals surface area contributed by atoms with Crippen molar-refractivity contribution < 1.29 is 13.9 Å². The Morgan fingerprint density at radius 3 is 2.88 bits per heavy atom. The molecular weight excluding hydrogens is 247 g/mol. The second-order valence-corrected chi connectivity index (χ2v) is 3.80. The third-order valence-corrected chi connectivity index (χ3v) is 2.49. The highest BCUT2D eigenvalue weighted by molar-refractivity contribution is 6.30. The molecule has 0 aliphatic heterocycles. The van der Waals surface area contributed by atoms with E-state index in [1.54, 1.807) is 4.90 Å². The van der Waals surface area contributed by atoms with E-state index in [1.165, 1.54) is 19.4 Å². The minimum absolute atomic E-state index is 0.189. The Kier molecular flexibility index (Phi) is 5.15. The van der Waals surface area contributed by atoms with Gasteiger partial charge >= 0.3 is 5.97 Å². The van der Waals surface area contributed by atoms with Crippen molar-refractivity contribution in [2.75, 3.05) is 25.1 Å². The zero-order chi connectivity index (χ0) is 12.8. The van der Waals surface area contributed by atoms with Gasteiger partial charge < -0.3 is 9.64 Å². The number of hydrogen-bond acceptors (Lipinski definition) is 4. The first-order valence-electron chi connectivity index (χ1n) is 5.21. The molecular formula is C11H14ClFN2O2. The first kappa shape index (κ1) is 13.7. The Balaban J connectivity index is 2.75. The van der Waals surface area contributed by atoms with Crippen LogP contribution < -0.4 is 4.90 Å². The number of rotatable bonds is 5. The molecule has 1 aromatic heterocycles. The van der Waals surface area contributed by atoms with E-state index >= 15 is 0 Å².